The maximum Gasteiger partial charge on any atom is 0.126 e. The van der Waals surface area contributed by atoms with Crippen molar-refractivity contribution in [1.29, 1.82) is 0 Å². The number of hydrogen-bond acceptors (Lipinski definition) is 2. The van der Waals surface area contributed by atoms with Crippen LogP contribution in [-0.4, -0.2) is 11.1 Å². The molecule has 110 valence electrons. The number of aromatic hydroxyl groups is 1. The van der Waals surface area contributed by atoms with Crippen molar-refractivity contribution in [2.24, 2.45) is 0 Å². The highest BCUT2D eigenvalue weighted by Gasteiger charge is 2.32. The van der Waals surface area contributed by atoms with Gasteiger partial charge in [-0.1, -0.05) is 30.3 Å². The van der Waals surface area contributed by atoms with Gasteiger partial charge in [0.2, 0.25) is 0 Å². The molecule has 3 heteroatoms. The van der Waals surface area contributed by atoms with Crippen LogP contribution in [0.1, 0.15) is 42.9 Å². The van der Waals surface area contributed by atoms with Gasteiger partial charge in [0.05, 0.1) is 0 Å². The van der Waals surface area contributed by atoms with Gasteiger partial charge in [-0.25, -0.2) is 4.39 Å². The van der Waals surface area contributed by atoms with E-state index >= 15 is 0 Å². The molecule has 1 fully saturated rings. The van der Waals surface area contributed by atoms with Gasteiger partial charge in [0.1, 0.15) is 11.6 Å². The maximum absolute atomic E-state index is 13.7. The number of phenols is 1. The standard InChI is InChI=1S/C18H20FNO/c1-12(13-5-4-6-16(21)11-13)20-15-9-14(10-15)17-7-2-3-8-18(17)19/h2-8,11-12,14-15,20-21H,9-10H2,1H3. The summed E-state index contributed by atoms with van der Waals surface area (Å²) in [5.74, 6) is 0.515. The Labute approximate surface area is 124 Å². The van der Waals surface area contributed by atoms with Gasteiger partial charge in [-0.05, 0) is 55.0 Å². The Morgan fingerprint density at radius 1 is 1.14 bits per heavy atom. The number of rotatable bonds is 4. The van der Waals surface area contributed by atoms with Crippen LogP contribution < -0.4 is 5.32 Å². The third kappa shape index (κ3) is 3.08. The number of hydrogen-bond donors (Lipinski definition) is 2. The summed E-state index contributed by atoms with van der Waals surface area (Å²) in [6.45, 7) is 2.09. The van der Waals surface area contributed by atoms with Crippen LogP contribution in [0.2, 0.25) is 0 Å². The molecule has 0 aliphatic heterocycles. The number of halogens is 1. The monoisotopic (exact) mass is 285 g/mol. The van der Waals surface area contributed by atoms with E-state index in [1.807, 2.05) is 24.3 Å². The van der Waals surface area contributed by atoms with Crippen molar-refractivity contribution in [3.8, 4) is 5.75 Å². The fourth-order valence-electron chi connectivity index (χ4n) is 3.06. The molecule has 1 aliphatic rings. The van der Waals surface area contributed by atoms with E-state index in [0.29, 0.717) is 17.7 Å². The van der Waals surface area contributed by atoms with Crippen molar-refractivity contribution in [2.45, 2.75) is 37.8 Å². The summed E-state index contributed by atoms with van der Waals surface area (Å²) in [4.78, 5) is 0. The average molecular weight is 285 g/mol. The molecule has 2 nitrogen and oxygen atoms in total. The summed E-state index contributed by atoms with van der Waals surface area (Å²) < 4.78 is 13.7. The van der Waals surface area contributed by atoms with Crippen molar-refractivity contribution in [3.05, 3.63) is 65.5 Å². The van der Waals surface area contributed by atoms with E-state index < -0.39 is 0 Å². The largest absolute Gasteiger partial charge is 0.508 e. The number of benzene rings is 2. The van der Waals surface area contributed by atoms with E-state index in [4.69, 9.17) is 0 Å². The molecule has 2 aromatic carbocycles. The number of nitrogens with one attached hydrogen (secondary N) is 1. The predicted molar refractivity (Wildman–Crippen MR) is 81.8 cm³/mol. The first-order chi connectivity index (χ1) is 10.1. The van der Waals surface area contributed by atoms with Gasteiger partial charge in [0.15, 0.2) is 0 Å². The quantitative estimate of drug-likeness (QED) is 0.885. The Balaban J connectivity index is 1.56. The SMILES string of the molecule is CC(NC1CC(c2ccccc2F)C1)c1cccc(O)c1. The average Bonchev–Trinajstić information content (AvgIpc) is 2.43. The molecule has 1 atom stereocenters. The Morgan fingerprint density at radius 2 is 1.90 bits per heavy atom. The second kappa shape index (κ2) is 5.86. The minimum Gasteiger partial charge on any atom is -0.508 e. The molecule has 3 rings (SSSR count). The lowest BCUT2D eigenvalue weighted by Crippen LogP contribution is -2.41. The third-order valence-corrected chi connectivity index (χ3v) is 4.34. The van der Waals surface area contributed by atoms with Crippen molar-refractivity contribution >= 4 is 0 Å². The molecule has 0 amide bonds. The van der Waals surface area contributed by atoms with Crippen LogP contribution in [0.3, 0.4) is 0 Å². The van der Waals surface area contributed by atoms with E-state index in [2.05, 4.69) is 12.2 Å². The smallest absolute Gasteiger partial charge is 0.126 e. The van der Waals surface area contributed by atoms with Crippen LogP contribution in [0, 0.1) is 5.82 Å². The molecule has 0 heterocycles. The third-order valence-electron chi connectivity index (χ3n) is 4.34. The first-order valence-electron chi connectivity index (χ1n) is 7.43. The Hall–Kier alpha value is -1.87. The second-order valence-electron chi connectivity index (χ2n) is 5.87. The lowest BCUT2D eigenvalue weighted by Gasteiger charge is -2.38. The summed E-state index contributed by atoms with van der Waals surface area (Å²) in [5.41, 5.74) is 1.91. The van der Waals surface area contributed by atoms with Crippen molar-refractivity contribution in [3.63, 3.8) is 0 Å². The van der Waals surface area contributed by atoms with Crippen LogP contribution in [0.5, 0.6) is 5.75 Å². The van der Waals surface area contributed by atoms with Crippen LogP contribution in [-0.2, 0) is 0 Å². The zero-order chi connectivity index (χ0) is 14.8. The maximum atomic E-state index is 13.7. The van der Waals surface area contributed by atoms with Crippen LogP contribution in [0.25, 0.3) is 0 Å². The van der Waals surface area contributed by atoms with Gasteiger partial charge in [-0.15, -0.1) is 0 Å². The highest BCUT2D eigenvalue weighted by Crippen LogP contribution is 2.39. The Kier molecular flexibility index (Phi) is 3.93. The highest BCUT2D eigenvalue weighted by molar-refractivity contribution is 5.29. The Morgan fingerprint density at radius 3 is 2.62 bits per heavy atom. The predicted octanol–water partition coefficient (Wildman–Crippen LogP) is 4.13. The highest BCUT2D eigenvalue weighted by atomic mass is 19.1. The van der Waals surface area contributed by atoms with Crippen LogP contribution in [0.4, 0.5) is 4.39 Å². The minimum absolute atomic E-state index is 0.0954. The fourth-order valence-corrected chi connectivity index (χ4v) is 3.06. The first-order valence-corrected chi connectivity index (χ1v) is 7.43. The van der Waals surface area contributed by atoms with Crippen molar-refractivity contribution < 1.29 is 9.50 Å². The molecule has 0 radical (unpaired) electrons. The normalized spacial score (nSPS) is 22.6. The molecule has 21 heavy (non-hydrogen) atoms. The van der Waals surface area contributed by atoms with E-state index in [1.165, 1.54) is 6.07 Å². The molecule has 2 N–H and O–H groups in total. The zero-order valence-electron chi connectivity index (χ0n) is 12.1. The minimum atomic E-state index is -0.0954. The van der Waals surface area contributed by atoms with Gasteiger partial charge < -0.3 is 10.4 Å². The molecule has 0 aromatic heterocycles. The number of phenolic OH excluding ortho intramolecular Hbond substituents is 1. The van der Waals surface area contributed by atoms with E-state index in [-0.39, 0.29) is 11.9 Å². The Bertz CT molecular complexity index is 622. The summed E-state index contributed by atoms with van der Waals surface area (Å²) in [7, 11) is 0. The summed E-state index contributed by atoms with van der Waals surface area (Å²) in [5, 5.41) is 13.1. The second-order valence-corrected chi connectivity index (χ2v) is 5.87. The molecule has 0 spiro atoms. The van der Waals surface area contributed by atoms with Gasteiger partial charge in [-0.2, -0.15) is 0 Å². The van der Waals surface area contributed by atoms with Gasteiger partial charge >= 0.3 is 0 Å². The summed E-state index contributed by atoms with van der Waals surface area (Å²) >= 11 is 0. The van der Waals surface area contributed by atoms with E-state index in [9.17, 15) is 9.50 Å². The molecule has 0 bridgehead atoms. The molecule has 1 saturated carbocycles. The fraction of sp³-hybridized carbons (Fsp3) is 0.333. The van der Waals surface area contributed by atoms with Crippen LogP contribution >= 0.6 is 0 Å². The molecular formula is C18H20FNO. The molecule has 0 saturated heterocycles. The van der Waals surface area contributed by atoms with Crippen molar-refractivity contribution in [2.75, 3.05) is 0 Å². The van der Waals surface area contributed by atoms with Gasteiger partial charge in [0.25, 0.3) is 0 Å². The molecular weight excluding hydrogens is 265 g/mol. The van der Waals surface area contributed by atoms with Gasteiger partial charge in [-0.3, -0.25) is 0 Å². The molecule has 1 unspecified atom stereocenters. The zero-order valence-corrected chi connectivity index (χ0v) is 12.1. The van der Waals surface area contributed by atoms with E-state index in [1.54, 1.807) is 18.2 Å². The summed E-state index contributed by atoms with van der Waals surface area (Å²) in [6, 6.07) is 15.0. The molecule has 1 aliphatic carbocycles. The van der Waals surface area contributed by atoms with Crippen LogP contribution in [0.15, 0.2) is 48.5 Å². The first kappa shape index (κ1) is 14.1. The lowest BCUT2D eigenvalue weighted by molar-refractivity contribution is 0.266. The lowest BCUT2D eigenvalue weighted by atomic mass is 9.75. The van der Waals surface area contributed by atoms with E-state index in [0.717, 1.165) is 24.0 Å². The summed E-state index contributed by atoms with van der Waals surface area (Å²) in [6.07, 6.45) is 1.92. The topological polar surface area (TPSA) is 32.3 Å². The van der Waals surface area contributed by atoms with Crippen molar-refractivity contribution in [1.82, 2.24) is 5.32 Å². The molecule has 2 aromatic rings. The van der Waals surface area contributed by atoms with Gasteiger partial charge in [0, 0.05) is 12.1 Å².